The average molecular weight is 160 g/mol. The molecule has 0 spiro atoms. The van der Waals surface area contributed by atoms with Gasteiger partial charge >= 0.3 is 6.09 Å². The highest BCUT2D eigenvalue weighted by atomic mass is 16.4. The molecule has 4 N–H and O–H groups in total. The number of piperidine rings is 1. The predicted octanol–water partition coefficient (Wildman–Crippen LogP) is -1.02. The maximum absolute atomic E-state index is 10.2. The summed E-state index contributed by atoms with van der Waals surface area (Å²) >= 11 is 0. The number of hydrogen-bond donors (Lipinski definition) is 4. The van der Waals surface area contributed by atoms with Crippen LogP contribution in [0.4, 0.5) is 4.79 Å². The van der Waals surface area contributed by atoms with Crippen molar-refractivity contribution < 1.29 is 15.0 Å². The van der Waals surface area contributed by atoms with Crippen LogP contribution in [0.15, 0.2) is 0 Å². The summed E-state index contributed by atoms with van der Waals surface area (Å²) in [6.07, 6.45) is -1.03. The first-order chi connectivity index (χ1) is 5.20. The fraction of sp³-hybridized carbons (Fsp3) is 0.833. The highest BCUT2D eigenvalue weighted by Gasteiger charge is 2.23. The van der Waals surface area contributed by atoms with Crippen molar-refractivity contribution in [2.45, 2.75) is 18.6 Å². The van der Waals surface area contributed by atoms with Crippen molar-refractivity contribution in [1.82, 2.24) is 10.6 Å². The summed E-state index contributed by atoms with van der Waals surface area (Å²) in [7, 11) is 0. The summed E-state index contributed by atoms with van der Waals surface area (Å²) in [6.45, 7) is 1.26. The van der Waals surface area contributed by atoms with Crippen LogP contribution in [0.3, 0.4) is 0 Å². The van der Waals surface area contributed by atoms with Gasteiger partial charge in [0.05, 0.1) is 12.1 Å². The summed E-state index contributed by atoms with van der Waals surface area (Å²) in [5, 5.41) is 22.8. The van der Waals surface area contributed by atoms with Gasteiger partial charge in [0, 0.05) is 6.54 Å². The second-order valence-corrected chi connectivity index (χ2v) is 2.62. The normalized spacial score (nSPS) is 31.4. The quantitative estimate of drug-likeness (QED) is 0.395. The largest absolute Gasteiger partial charge is 0.465 e. The first kappa shape index (κ1) is 8.29. The molecule has 1 amide bonds. The fourth-order valence-electron chi connectivity index (χ4n) is 1.15. The number of hydrogen-bond acceptors (Lipinski definition) is 3. The maximum atomic E-state index is 10.2. The molecule has 0 radical (unpaired) electrons. The van der Waals surface area contributed by atoms with Gasteiger partial charge in [-0.05, 0) is 13.0 Å². The second-order valence-electron chi connectivity index (χ2n) is 2.62. The second kappa shape index (κ2) is 3.54. The molecule has 0 bridgehead atoms. The smallest absolute Gasteiger partial charge is 0.405 e. The molecule has 5 heteroatoms. The van der Waals surface area contributed by atoms with E-state index in [1.54, 1.807) is 0 Å². The predicted molar refractivity (Wildman–Crippen MR) is 38.4 cm³/mol. The molecular formula is C6H12N2O3. The lowest BCUT2D eigenvalue weighted by atomic mass is 10.0. The number of amides is 1. The zero-order chi connectivity index (χ0) is 8.27. The maximum Gasteiger partial charge on any atom is 0.405 e. The molecule has 64 valence electrons. The summed E-state index contributed by atoms with van der Waals surface area (Å²) in [4.78, 5) is 10.2. The van der Waals surface area contributed by atoms with Crippen molar-refractivity contribution in [2.24, 2.45) is 0 Å². The SMILES string of the molecule is O=C(O)NC1CNCC[C@@H]1O. The van der Waals surface area contributed by atoms with Crippen LogP contribution < -0.4 is 10.6 Å². The van der Waals surface area contributed by atoms with Gasteiger partial charge in [0.2, 0.25) is 0 Å². The van der Waals surface area contributed by atoms with Gasteiger partial charge in [-0.2, -0.15) is 0 Å². The number of nitrogens with one attached hydrogen (secondary N) is 2. The van der Waals surface area contributed by atoms with Crippen LogP contribution in [0.2, 0.25) is 0 Å². The standard InChI is InChI=1S/C6H12N2O3/c9-5-1-2-7-3-4(5)8-6(10)11/h4-5,7-9H,1-3H2,(H,10,11)/t4?,5-/m0/s1. The molecule has 0 aromatic carbocycles. The van der Waals surface area contributed by atoms with Gasteiger partial charge in [0.25, 0.3) is 0 Å². The molecule has 1 aliphatic rings. The molecule has 0 aromatic heterocycles. The zero-order valence-electron chi connectivity index (χ0n) is 6.08. The molecule has 1 aliphatic heterocycles. The van der Waals surface area contributed by atoms with Gasteiger partial charge in [0.15, 0.2) is 0 Å². The molecular weight excluding hydrogens is 148 g/mol. The summed E-state index contributed by atoms with van der Waals surface area (Å²) in [6, 6.07) is -0.360. The Morgan fingerprint density at radius 2 is 2.36 bits per heavy atom. The third kappa shape index (κ3) is 2.36. The molecule has 0 saturated carbocycles. The Balaban J connectivity index is 2.35. The van der Waals surface area contributed by atoms with Crippen LogP contribution in [0, 0.1) is 0 Å². The van der Waals surface area contributed by atoms with Gasteiger partial charge in [-0.15, -0.1) is 0 Å². The minimum atomic E-state index is -1.09. The Bertz CT molecular complexity index is 151. The molecule has 0 aromatic rings. The van der Waals surface area contributed by atoms with E-state index in [4.69, 9.17) is 5.11 Å². The lowest BCUT2D eigenvalue weighted by Gasteiger charge is -2.27. The number of carboxylic acid groups (broad SMARTS) is 1. The fourth-order valence-corrected chi connectivity index (χ4v) is 1.15. The molecule has 5 nitrogen and oxygen atoms in total. The topological polar surface area (TPSA) is 81.6 Å². The van der Waals surface area contributed by atoms with Crippen molar-refractivity contribution in [3.8, 4) is 0 Å². The van der Waals surface area contributed by atoms with Gasteiger partial charge in [-0.3, -0.25) is 0 Å². The van der Waals surface area contributed by atoms with E-state index in [9.17, 15) is 9.90 Å². The minimum Gasteiger partial charge on any atom is -0.465 e. The van der Waals surface area contributed by atoms with Crippen molar-refractivity contribution >= 4 is 6.09 Å². The highest BCUT2D eigenvalue weighted by molar-refractivity contribution is 5.65. The molecule has 1 fully saturated rings. The van der Waals surface area contributed by atoms with Crippen LogP contribution in [0.1, 0.15) is 6.42 Å². The lowest BCUT2D eigenvalue weighted by Crippen LogP contribution is -2.53. The molecule has 1 saturated heterocycles. The Hall–Kier alpha value is -0.810. The van der Waals surface area contributed by atoms with Crippen LogP contribution >= 0.6 is 0 Å². The molecule has 0 aliphatic carbocycles. The van der Waals surface area contributed by atoms with Gasteiger partial charge in [0.1, 0.15) is 0 Å². The van der Waals surface area contributed by atoms with Crippen LogP contribution in [0.5, 0.6) is 0 Å². The van der Waals surface area contributed by atoms with Gasteiger partial charge in [-0.1, -0.05) is 0 Å². The van der Waals surface area contributed by atoms with Gasteiger partial charge < -0.3 is 20.8 Å². The summed E-state index contributed by atoms with van der Waals surface area (Å²) in [5.74, 6) is 0. The third-order valence-electron chi connectivity index (χ3n) is 1.75. The summed E-state index contributed by atoms with van der Waals surface area (Å²) in [5.41, 5.74) is 0. The monoisotopic (exact) mass is 160 g/mol. The Morgan fingerprint density at radius 1 is 1.64 bits per heavy atom. The van der Waals surface area contributed by atoms with Gasteiger partial charge in [-0.25, -0.2) is 4.79 Å². The molecule has 1 unspecified atom stereocenters. The van der Waals surface area contributed by atoms with E-state index in [0.29, 0.717) is 13.0 Å². The van der Waals surface area contributed by atoms with E-state index in [1.807, 2.05) is 0 Å². The number of aliphatic hydroxyl groups is 1. The van der Waals surface area contributed by atoms with Crippen LogP contribution in [-0.4, -0.2) is 41.5 Å². The average Bonchev–Trinajstić information content (AvgIpc) is 1.93. The van der Waals surface area contributed by atoms with Crippen LogP contribution in [-0.2, 0) is 0 Å². The summed E-state index contributed by atoms with van der Waals surface area (Å²) < 4.78 is 0. The zero-order valence-corrected chi connectivity index (χ0v) is 6.08. The number of rotatable bonds is 1. The molecule has 1 heterocycles. The van der Waals surface area contributed by atoms with Crippen LogP contribution in [0.25, 0.3) is 0 Å². The highest BCUT2D eigenvalue weighted by Crippen LogP contribution is 2.02. The lowest BCUT2D eigenvalue weighted by molar-refractivity contribution is 0.0955. The Kier molecular flexibility index (Phi) is 2.67. The van der Waals surface area contributed by atoms with Crippen molar-refractivity contribution in [1.29, 1.82) is 0 Å². The minimum absolute atomic E-state index is 0.360. The first-order valence-electron chi connectivity index (χ1n) is 3.58. The van der Waals surface area contributed by atoms with Crippen molar-refractivity contribution in [2.75, 3.05) is 13.1 Å². The van der Waals surface area contributed by atoms with E-state index in [-0.39, 0.29) is 6.04 Å². The van der Waals surface area contributed by atoms with E-state index in [2.05, 4.69) is 10.6 Å². The number of carbonyl (C=O) groups is 1. The van der Waals surface area contributed by atoms with E-state index in [0.717, 1.165) is 6.54 Å². The van der Waals surface area contributed by atoms with Crippen molar-refractivity contribution in [3.05, 3.63) is 0 Å². The molecule has 11 heavy (non-hydrogen) atoms. The molecule has 1 rings (SSSR count). The van der Waals surface area contributed by atoms with E-state index >= 15 is 0 Å². The van der Waals surface area contributed by atoms with E-state index < -0.39 is 12.2 Å². The first-order valence-corrected chi connectivity index (χ1v) is 3.58. The Morgan fingerprint density at radius 3 is 2.91 bits per heavy atom. The molecule has 2 atom stereocenters. The van der Waals surface area contributed by atoms with E-state index in [1.165, 1.54) is 0 Å². The third-order valence-corrected chi connectivity index (χ3v) is 1.75. The van der Waals surface area contributed by atoms with Crippen molar-refractivity contribution in [3.63, 3.8) is 0 Å². The number of aliphatic hydroxyl groups excluding tert-OH is 1. The Labute approximate surface area is 64.4 Å².